The van der Waals surface area contributed by atoms with Gasteiger partial charge in [0.05, 0.1) is 0 Å². The third kappa shape index (κ3) is 2.94. The molecule has 2 atom stereocenters. The highest BCUT2D eigenvalue weighted by molar-refractivity contribution is 5.73. The number of hydrogen-bond donors (Lipinski definition) is 2. The molecule has 0 radical (unpaired) electrons. The van der Waals surface area contributed by atoms with Gasteiger partial charge < -0.3 is 10.4 Å². The Morgan fingerprint density at radius 1 is 1.20 bits per heavy atom. The van der Waals surface area contributed by atoms with Gasteiger partial charge in [-0.25, -0.2) is 0 Å². The number of rotatable bonds is 3. The Hall–Kier alpha value is -0.570. The van der Waals surface area contributed by atoms with Gasteiger partial charge in [-0.1, -0.05) is 32.1 Å². The van der Waals surface area contributed by atoms with Crippen molar-refractivity contribution in [1.82, 2.24) is 5.32 Å². The van der Waals surface area contributed by atoms with Gasteiger partial charge >= 0.3 is 5.97 Å². The summed E-state index contributed by atoms with van der Waals surface area (Å²) in [5.41, 5.74) is 0. The summed E-state index contributed by atoms with van der Waals surface area (Å²) >= 11 is 0. The van der Waals surface area contributed by atoms with Gasteiger partial charge in [0.15, 0.2) is 0 Å². The van der Waals surface area contributed by atoms with E-state index in [4.69, 9.17) is 5.11 Å². The topological polar surface area (TPSA) is 49.3 Å². The molecule has 1 saturated carbocycles. The Kier molecular flexibility index (Phi) is 3.62. The van der Waals surface area contributed by atoms with Crippen LogP contribution in [0.15, 0.2) is 0 Å². The summed E-state index contributed by atoms with van der Waals surface area (Å²) in [6.45, 7) is 0.910. The lowest BCUT2D eigenvalue weighted by molar-refractivity contribution is -0.139. The predicted octanol–water partition coefficient (Wildman–Crippen LogP) is 2.02. The molecule has 0 amide bonds. The van der Waals surface area contributed by atoms with Crippen LogP contribution in [0.5, 0.6) is 0 Å². The first-order valence-electron chi connectivity index (χ1n) is 6.22. The van der Waals surface area contributed by atoms with E-state index >= 15 is 0 Å². The first kappa shape index (κ1) is 10.9. The number of nitrogens with one attached hydrogen (secondary N) is 1. The molecular formula is C12H21NO2. The normalized spacial score (nSPS) is 33.1. The summed E-state index contributed by atoms with van der Waals surface area (Å²) in [4.78, 5) is 10.8. The maximum Gasteiger partial charge on any atom is 0.320 e. The lowest BCUT2D eigenvalue weighted by atomic mass is 9.82. The first-order chi connectivity index (χ1) is 7.25. The molecular weight excluding hydrogens is 190 g/mol. The van der Waals surface area contributed by atoms with Crippen LogP contribution in [0.3, 0.4) is 0 Å². The molecule has 86 valence electrons. The molecule has 0 aromatic heterocycles. The molecule has 2 fully saturated rings. The van der Waals surface area contributed by atoms with Crippen molar-refractivity contribution < 1.29 is 9.90 Å². The zero-order valence-corrected chi connectivity index (χ0v) is 9.24. The molecule has 3 heteroatoms. The van der Waals surface area contributed by atoms with E-state index < -0.39 is 5.97 Å². The average Bonchev–Trinajstić information content (AvgIpc) is 2.68. The Morgan fingerprint density at radius 3 is 2.53 bits per heavy atom. The number of carboxylic acid groups (broad SMARTS) is 1. The van der Waals surface area contributed by atoms with Crippen molar-refractivity contribution in [2.75, 3.05) is 6.54 Å². The molecule has 0 bridgehead atoms. The summed E-state index contributed by atoms with van der Waals surface area (Å²) < 4.78 is 0. The van der Waals surface area contributed by atoms with E-state index in [1.807, 2.05) is 0 Å². The number of carboxylic acids is 1. The van der Waals surface area contributed by atoms with Gasteiger partial charge in [0, 0.05) is 0 Å². The monoisotopic (exact) mass is 211 g/mol. The molecule has 1 saturated heterocycles. The fourth-order valence-corrected chi connectivity index (χ4v) is 3.07. The minimum Gasteiger partial charge on any atom is -0.480 e. The lowest BCUT2D eigenvalue weighted by Crippen LogP contribution is -2.29. The summed E-state index contributed by atoms with van der Waals surface area (Å²) in [5.74, 6) is 0.799. The summed E-state index contributed by atoms with van der Waals surface area (Å²) in [6, 6.07) is -0.279. The van der Waals surface area contributed by atoms with Crippen LogP contribution in [0.1, 0.15) is 44.9 Å². The standard InChI is InChI=1S/C12H21NO2/c14-12(15)11-7-10(8-13-11)6-9-4-2-1-3-5-9/h9-11,13H,1-8H2,(H,14,15)/t10-,11-/m0/s1. The van der Waals surface area contributed by atoms with E-state index in [-0.39, 0.29) is 6.04 Å². The maximum absolute atomic E-state index is 10.8. The molecule has 2 N–H and O–H groups in total. The number of carbonyl (C=O) groups is 1. The van der Waals surface area contributed by atoms with Crippen molar-refractivity contribution in [1.29, 1.82) is 0 Å². The third-order valence-electron chi connectivity index (χ3n) is 3.91. The molecule has 1 aliphatic carbocycles. The second kappa shape index (κ2) is 4.97. The minimum atomic E-state index is -0.679. The van der Waals surface area contributed by atoms with Crippen LogP contribution in [0.25, 0.3) is 0 Å². The third-order valence-corrected chi connectivity index (χ3v) is 3.91. The second-order valence-corrected chi connectivity index (χ2v) is 5.14. The van der Waals surface area contributed by atoms with Crippen molar-refractivity contribution in [3.05, 3.63) is 0 Å². The highest BCUT2D eigenvalue weighted by Crippen LogP contribution is 2.31. The van der Waals surface area contributed by atoms with E-state index in [9.17, 15) is 4.79 Å². The fraction of sp³-hybridized carbons (Fsp3) is 0.917. The van der Waals surface area contributed by atoms with Crippen LogP contribution in [-0.4, -0.2) is 23.7 Å². The predicted molar refractivity (Wildman–Crippen MR) is 58.7 cm³/mol. The van der Waals surface area contributed by atoms with E-state index in [0.717, 1.165) is 18.9 Å². The van der Waals surface area contributed by atoms with Gasteiger partial charge in [-0.05, 0) is 31.2 Å². The van der Waals surface area contributed by atoms with Crippen LogP contribution >= 0.6 is 0 Å². The molecule has 2 rings (SSSR count). The van der Waals surface area contributed by atoms with Crippen molar-refractivity contribution in [3.8, 4) is 0 Å². The molecule has 15 heavy (non-hydrogen) atoms. The average molecular weight is 211 g/mol. The van der Waals surface area contributed by atoms with Crippen LogP contribution in [-0.2, 0) is 4.79 Å². The maximum atomic E-state index is 10.8. The van der Waals surface area contributed by atoms with E-state index in [1.165, 1.54) is 38.5 Å². The van der Waals surface area contributed by atoms with Crippen LogP contribution < -0.4 is 5.32 Å². The SMILES string of the molecule is O=C(O)[C@@H]1C[C@H](CC2CCCCC2)CN1. The van der Waals surface area contributed by atoms with Crippen LogP contribution in [0.4, 0.5) is 0 Å². The van der Waals surface area contributed by atoms with E-state index in [1.54, 1.807) is 0 Å². The van der Waals surface area contributed by atoms with Crippen LogP contribution in [0, 0.1) is 11.8 Å². The van der Waals surface area contributed by atoms with Crippen LogP contribution in [0.2, 0.25) is 0 Å². The van der Waals surface area contributed by atoms with Gasteiger partial charge in [-0.2, -0.15) is 0 Å². The van der Waals surface area contributed by atoms with Crippen molar-refractivity contribution in [3.63, 3.8) is 0 Å². The van der Waals surface area contributed by atoms with Crippen molar-refractivity contribution >= 4 is 5.97 Å². The fourth-order valence-electron chi connectivity index (χ4n) is 3.07. The summed E-state index contributed by atoms with van der Waals surface area (Å²) in [5, 5.41) is 12.0. The smallest absolute Gasteiger partial charge is 0.320 e. The summed E-state index contributed by atoms with van der Waals surface area (Å²) in [6.07, 6.45) is 8.99. The van der Waals surface area contributed by atoms with Gasteiger partial charge in [0.1, 0.15) is 6.04 Å². The quantitative estimate of drug-likeness (QED) is 0.751. The molecule has 3 nitrogen and oxygen atoms in total. The first-order valence-corrected chi connectivity index (χ1v) is 6.22. The van der Waals surface area contributed by atoms with Crippen molar-refractivity contribution in [2.24, 2.45) is 11.8 Å². The van der Waals surface area contributed by atoms with E-state index in [0.29, 0.717) is 5.92 Å². The highest BCUT2D eigenvalue weighted by Gasteiger charge is 2.30. The second-order valence-electron chi connectivity index (χ2n) is 5.14. The largest absolute Gasteiger partial charge is 0.480 e. The zero-order chi connectivity index (χ0) is 10.7. The Morgan fingerprint density at radius 2 is 1.93 bits per heavy atom. The van der Waals surface area contributed by atoms with E-state index in [2.05, 4.69) is 5.32 Å². The molecule has 0 aromatic rings. The molecule has 0 unspecified atom stereocenters. The minimum absolute atomic E-state index is 0.279. The van der Waals surface area contributed by atoms with Crippen molar-refractivity contribution in [2.45, 2.75) is 51.0 Å². The van der Waals surface area contributed by atoms with Gasteiger partial charge in [-0.3, -0.25) is 4.79 Å². The molecule has 1 aliphatic heterocycles. The highest BCUT2D eigenvalue weighted by atomic mass is 16.4. The Balaban J connectivity index is 1.74. The molecule has 0 aromatic carbocycles. The lowest BCUT2D eigenvalue weighted by Gasteiger charge is -2.23. The Labute approximate surface area is 91.2 Å². The zero-order valence-electron chi connectivity index (χ0n) is 9.24. The summed E-state index contributed by atoms with van der Waals surface area (Å²) in [7, 11) is 0. The number of hydrogen-bond acceptors (Lipinski definition) is 2. The van der Waals surface area contributed by atoms with Gasteiger partial charge in [-0.15, -0.1) is 0 Å². The molecule has 2 aliphatic rings. The molecule has 0 spiro atoms. The Bertz CT molecular complexity index is 224. The number of aliphatic carboxylic acids is 1. The van der Waals surface area contributed by atoms with Gasteiger partial charge in [0.2, 0.25) is 0 Å². The van der Waals surface area contributed by atoms with Gasteiger partial charge in [0.25, 0.3) is 0 Å². The molecule has 1 heterocycles.